The Morgan fingerprint density at radius 2 is 1.64 bits per heavy atom. The number of hydrogen-bond acceptors (Lipinski definition) is 3. The average Bonchev–Trinajstić information content (AvgIpc) is 3.07. The fourth-order valence-corrected chi connectivity index (χ4v) is 3.59. The minimum Gasteiger partial charge on any atom is -0.372 e. The molecule has 2 atom stereocenters. The van der Waals surface area contributed by atoms with Gasteiger partial charge in [0.05, 0.1) is 12.2 Å². The number of morpholine rings is 1. The largest absolute Gasteiger partial charge is 0.372 e. The van der Waals surface area contributed by atoms with Crippen LogP contribution in [0, 0.1) is 0 Å². The molecule has 0 radical (unpaired) electrons. The van der Waals surface area contributed by atoms with E-state index in [0.717, 1.165) is 12.8 Å². The summed E-state index contributed by atoms with van der Waals surface area (Å²) in [6, 6.07) is 7.22. The van der Waals surface area contributed by atoms with Crippen LogP contribution in [0.15, 0.2) is 24.3 Å². The van der Waals surface area contributed by atoms with Crippen molar-refractivity contribution in [2.75, 3.05) is 18.4 Å². The molecule has 3 amide bonds. The van der Waals surface area contributed by atoms with Gasteiger partial charge in [-0.3, -0.25) is 4.79 Å². The summed E-state index contributed by atoms with van der Waals surface area (Å²) in [4.78, 5) is 26.4. The van der Waals surface area contributed by atoms with E-state index in [4.69, 9.17) is 4.74 Å². The van der Waals surface area contributed by atoms with Gasteiger partial charge in [-0.25, -0.2) is 4.79 Å². The Labute approximate surface area is 148 Å². The molecule has 136 valence electrons. The highest BCUT2D eigenvalue weighted by atomic mass is 16.5. The third-order valence-corrected chi connectivity index (χ3v) is 4.80. The first-order chi connectivity index (χ1) is 12.0. The standard InChI is InChI=1S/C19H27N3O3/c1-13-11-22(12-14(2)25-13)19(24)21-17-9-7-15(8-10-17)18(23)20-16-5-3-4-6-16/h7-10,13-14,16H,3-6,11-12H2,1-2H3,(H,20,23)(H,21,24)/t13-,14+. The van der Waals surface area contributed by atoms with Gasteiger partial charge in [0, 0.05) is 30.4 Å². The van der Waals surface area contributed by atoms with E-state index >= 15 is 0 Å². The predicted molar refractivity (Wildman–Crippen MR) is 96.8 cm³/mol. The Morgan fingerprint density at radius 3 is 2.24 bits per heavy atom. The van der Waals surface area contributed by atoms with Crippen molar-refractivity contribution in [1.29, 1.82) is 0 Å². The molecule has 0 aromatic heterocycles. The summed E-state index contributed by atoms with van der Waals surface area (Å²) >= 11 is 0. The molecule has 0 spiro atoms. The fourth-order valence-electron chi connectivity index (χ4n) is 3.59. The first-order valence-electron chi connectivity index (χ1n) is 9.13. The second kappa shape index (κ2) is 7.87. The van der Waals surface area contributed by atoms with Gasteiger partial charge in [0.25, 0.3) is 5.91 Å². The van der Waals surface area contributed by atoms with Crippen molar-refractivity contribution in [2.45, 2.75) is 57.8 Å². The topological polar surface area (TPSA) is 70.7 Å². The van der Waals surface area contributed by atoms with Gasteiger partial charge in [0.2, 0.25) is 0 Å². The van der Waals surface area contributed by atoms with Crippen LogP contribution in [0.1, 0.15) is 49.9 Å². The van der Waals surface area contributed by atoms with Crippen molar-refractivity contribution in [3.63, 3.8) is 0 Å². The van der Waals surface area contributed by atoms with Crippen molar-refractivity contribution in [3.05, 3.63) is 29.8 Å². The summed E-state index contributed by atoms with van der Waals surface area (Å²) in [7, 11) is 0. The quantitative estimate of drug-likeness (QED) is 0.885. The second-order valence-electron chi connectivity index (χ2n) is 7.12. The highest BCUT2D eigenvalue weighted by Gasteiger charge is 2.26. The van der Waals surface area contributed by atoms with E-state index in [0.29, 0.717) is 30.4 Å². The number of amides is 3. The molecule has 6 heteroatoms. The molecular formula is C19H27N3O3. The van der Waals surface area contributed by atoms with Crippen LogP contribution >= 0.6 is 0 Å². The smallest absolute Gasteiger partial charge is 0.322 e. The predicted octanol–water partition coefficient (Wildman–Crippen LogP) is 3.00. The third kappa shape index (κ3) is 4.72. The number of nitrogens with one attached hydrogen (secondary N) is 2. The molecule has 1 aliphatic carbocycles. The maximum absolute atomic E-state index is 12.4. The summed E-state index contributed by atoms with van der Waals surface area (Å²) in [5.41, 5.74) is 1.31. The number of anilines is 1. The van der Waals surface area contributed by atoms with Crippen LogP contribution in [0.4, 0.5) is 10.5 Å². The maximum atomic E-state index is 12.4. The number of rotatable bonds is 3. The molecule has 1 saturated carbocycles. The Balaban J connectivity index is 1.54. The normalized spacial score (nSPS) is 24.2. The molecule has 25 heavy (non-hydrogen) atoms. The van der Waals surface area contributed by atoms with Crippen LogP contribution in [-0.4, -0.2) is 48.2 Å². The van der Waals surface area contributed by atoms with Crippen LogP contribution in [0.25, 0.3) is 0 Å². The lowest BCUT2D eigenvalue weighted by Crippen LogP contribution is -2.49. The Morgan fingerprint density at radius 1 is 1.04 bits per heavy atom. The van der Waals surface area contributed by atoms with E-state index in [1.807, 2.05) is 13.8 Å². The molecule has 6 nitrogen and oxygen atoms in total. The van der Waals surface area contributed by atoms with Gasteiger partial charge in [-0.05, 0) is 51.0 Å². The van der Waals surface area contributed by atoms with Crippen LogP contribution in [0.5, 0.6) is 0 Å². The Kier molecular flexibility index (Phi) is 5.58. The number of hydrogen-bond donors (Lipinski definition) is 2. The zero-order valence-corrected chi connectivity index (χ0v) is 15.0. The first kappa shape index (κ1) is 17.7. The minimum absolute atomic E-state index is 0.0381. The zero-order chi connectivity index (χ0) is 17.8. The molecule has 1 aromatic rings. The molecule has 1 aromatic carbocycles. The first-order valence-corrected chi connectivity index (χ1v) is 9.13. The fraction of sp³-hybridized carbons (Fsp3) is 0.579. The van der Waals surface area contributed by atoms with Crippen LogP contribution in [0.3, 0.4) is 0 Å². The summed E-state index contributed by atoms with van der Waals surface area (Å²) in [5.74, 6) is -0.0411. The summed E-state index contributed by atoms with van der Waals surface area (Å²) in [5, 5.41) is 5.96. The number of carbonyl (C=O) groups excluding carboxylic acids is 2. The van der Waals surface area contributed by atoms with Crippen molar-refractivity contribution in [3.8, 4) is 0 Å². The molecule has 2 N–H and O–H groups in total. The van der Waals surface area contributed by atoms with Crippen LogP contribution < -0.4 is 10.6 Å². The van der Waals surface area contributed by atoms with Gasteiger partial charge >= 0.3 is 6.03 Å². The molecule has 2 aliphatic rings. The molecule has 0 bridgehead atoms. The highest BCUT2D eigenvalue weighted by molar-refractivity contribution is 5.95. The van der Waals surface area contributed by atoms with Gasteiger partial charge in [-0.1, -0.05) is 12.8 Å². The van der Waals surface area contributed by atoms with E-state index in [1.165, 1.54) is 12.8 Å². The molecular weight excluding hydrogens is 318 g/mol. The molecule has 2 fully saturated rings. The van der Waals surface area contributed by atoms with Crippen molar-refractivity contribution in [1.82, 2.24) is 10.2 Å². The van der Waals surface area contributed by atoms with Gasteiger partial charge in [-0.15, -0.1) is 0 Å². The lowest BCUT2D eigenvalue weighted by atomic mass is 10.1. The van der Waals surface area contributed by atoms with Crippen molar-refractivity contribution < 1.29 is 14.3 Å². The monoisotopic (exact) mass is 345 g/mol. The third-order valence-electron chi connectivity index (χ3n) is 4.80. The zero-order valence-electron chi connectivity index (χ0n) is 15.0. The van der Waals surface area contributed by atoms with Gasteiger partial charge in [0.1, 0.15) is 0 Å². The average molecular weight is 345 g/mol. The molecule has 3 rings (SSSR count). The number of benzene rings is 1. The van der Waals surface area contributed by atoms with Crippen LogP contribution in [-0.2, 0) is 4.74 Å². The summed E-state index contributed by atoms with van der Waals surface area (Å²) < 4.78 is 5.65. The number of urea groups is 1. The van der Waals surface area contributed by atoms with E-state index in [2.05, 4.69) is 10.6 Å². The van der Waals surface area contributed by atoms with Gasteiger partial charge in [0.15, 0.2) is 0 Å². The van der Waals surface area contributed by atoms with Gasteiger partial charge in [-0.2, -0.15) is 0 Å². The molecule has 1 aliphatic heterocycles. The number of nitrogens with zero attached hydrogens (tertiary/aromatic N) is 1. The molecule has 1 heterocycles. The van der Waals surface area contributed by atoms with Gasteiger partial charge < -0.3 is 20.3 Å². The lowest BCUT2D eigenvalue weighted by molar-refractivity contribution is -0.0530. The highest BCUT2D eigenvalue weighted by Crippen LogP contribution is 2.19. The Hall–Kier alpha value is -2.08. The number of carbonyl (C=O) groups is 2. The van der Waals surface area contributed by atoms with E-state index in [-0.39, 0.29) is 24.1 Å². The summed E-state index contributed by atoms with van der Waals surface area (Å²) in [6.07, 6.45) is 4.59. The van der Waals surface area contributed by atoms with Crippen molar-refractivity contribution >= 4 is 17.6 Å². The number of ether oxygens (including phenoxy) is 1. The maximum Gasteiger partial charge on any atom is 0.322 e. The summed E-state index contributed by atoms with van der Waals surface area (Å²) in [6.45, 7) is 5.09. The second-order valence-corrected chi connectivity index (χ2v) is 7.12. The van der Waals surface area contributed by atoms with E-state index in [1.54, 1.807) is 29.2 Å². The minimum atomic E-state index is -0.134. The van der Waals surface area contributed by atoms with Crippen LogP contribution in [0.2, 0.25) is 0 Å². The van der Waals surface area contributed by atoms with Crippen molar-refractivity contribution in [2.24, 2.45) is 0 Å². The molecule has 0 unspecified atom stereocenters. The lowest BCUT2D eigenvalue weighted by Gasteiger charge is -2.35. The van der Waals surface area contributed by atoms with E-state index in [9.17, 15) is 9.59 Å². The Bertz CT molecular complexity index is 601. The van der Waals surface area contributed by atoms with E-state index < -0.39 is 0 Å². The molecule has 1 saturated heterocycles. The SMILES string of the molecule is C[C@@H]1CN(C(=O)Nc2ccc(C(=O)NC3CCCC3)cc2)C[C@H](C)O1.